The lowest BCUT2D eigenvalue weighted by atomic mass is 10.3. The summed E-state index contributed by atoms with van der Waals surface area (Å²) in [6.07, 6.45) is 1.70. The Morgan fingerprint density at radius 2 is 1.37 bits per heavy atom. The molecule has 19 heavy (non-hydrogen) atoms. The van der Waals surface area contributed by atoms with Gasteiger partial charge < -0.3 is 4.98 Å². The summed E-state index contributed by atoms with van der Waals surface area (Å²) in [6, 6.07) is 11.9. The monoisotopic (exact) mass is 508 g/mol. The van der Waals surface area contributed by atoms with Crippen molar-refractivity contribution in [3.05, 3.63) is 60.6 Å². The van der Waals surface area contributed by atoms with Crippen LogP contribution in [0.3, 0.4) is 0 Å². The molecule has 0 fully saturated rings. The van der Waals surface area contributed by atoms with E-state index in [-0.39, 0.29) is 0 Å². The fourth-order valence-electron chi connectivity index (χ4n) is 1.38. The van der Waals surface area contributed by atoms with Crippen LogP contribution >= 0.6 is 63.7 Å². The highest BCUT2D eigenvalue weighted by Gasteiger charge is 2.03. The number of hydrogen-bond donors (Lipinski definition) is 1. The van der Waals surface area contributed by atoms with Crippen molar-refractivity contribution in [2.45, 2.75) is 0 Å². The van der Waals surface area contributed by atoms with Gasteiger partial charge in [-0.15, -0.1) is 0 Å². The molecule has 1 aromatic heterocycles. The SMILES string of the molecule is Brc1ccc(Br)c(Br)c1Br.c1ccc2[nH]cnc2c1. The van der Waals surface area contributed by atoms with Crippen molar-refractivity contribution >= 4 is 74.8 Å². The molecule has 0 saturated carbocycles. The fraction of sp³-hybridized carbons (Fsp3) is 0. The first-order chi connectivity index (χ1) is 9.09. The largest absolute Gasteiger partial charge is 0.345 e. The second-order valence-corrected chi connectivity index (χ2v) is 6.87. The highest BCUT2D eigenvalue weighted by atomic mass is 79.9. The van der Waals surface area contributed by atoms with Crippen LogP contribution in [0.4, 0.5) is 0 Å². The van der Waals surface area contributed by atoms with Crippen LogP contribution in [-0.4, -0.2) is 9.97 Å². The van der Waals surface area contributed by atoms with Gasteiger partial charge in [-0.2, -0.15) is 0 Å². The van der Waals surface area contributed by atoms with Gasteiger partial charge >= 0.3 is 0 Å². The minimum Gasteiger partial charge on any atom is -0.345 e. The van der Waals surface area contributed by atoms with Gasteiger partial charge in [-0.05, 0) is 88.0 Å². The summed E-state index contributed by atoms with van der Waals surface area (Å²) < 4.78 is 4.15. The smallest absolute Gasteiger partial charge is 0.0931 e. The molecular weight excluding hydrogens is 504 g/mol. The van der Waals surface area contributed by atoms with Crippen LogP contribution in [0, 0.1) is 0 Å². The molecule has 3 rings (SSSR count). The molecule has 0 spiro atoms. The van der Waals surface area contributed by atoms with E-state index in [0.717, 1.165) is 28.9 Å². The van der Waals surface area contributed by atoms with E-state index in [2.05, 4.69) is 73.7 Å². The first-order valence-corrected chi connectivity index (χ1v) is 8.44. The Bertz CT molecular complexity index is 637. The Balaban J connectivity index is 0.000000141. The zero-order chi connectivity index (χ0) is 13.8. The molecule has 1 N–H and O–H groups in total. The molecule has 98 valence electrons. The van der Waals surface area contributed by atoms with E-state index in [1.165, 1.54) is 0 Å². The Labute approximate surface area is 144 Å². The molecule has 0 amide bonds. The minimum absolute atomic E-state index is 1.03. The summed E-state index contributed by atoms with van der Waals surface area (Å²) in [4.78, 5) is 7.07. The van der Waals surface area contributed by atoms with Gasteiger partial charge in [-0.1, -0.05) is 12.1 Å². The lowest BCUT2D eigenvalue weighted by molar-refractivity contribution is 1.34. The number of aromatic nitrogens is 2. The maximum atomic E-state index is 4.06. The number of nitrogens with one attached hydrogen (secondary N) is 1. The number of aromatic amines is 1. The zero-order valence-corrected chi connectivity index (χ0v) is 15.8. The lowest BCUT2D eigenvalue weighted by Crippen LogP contribution is -1.73. The molecule has 0 bridgehead atoms. The number of nitrogens with zero attached hydrogens (tertiary/aromatic N) is 1. The molecule has 0 atom stereocenters. The Morgan fingerprint density at radius 3 is 1.95 bits per heavy atom. The average Bonchev–Trinajstić information content (AvgIpc) is 2.90. The molecule has 2 nitrogen and oxygen atoms in total. The predicted molar refractivity (Wildman–Crippen MR) is 93.3 cm³/mol. The Kier molecular flexibility index (Phi) is 5.62. The van der Waals surface area contributed by atoms with Crippen LogP contribution in [0.15, 0.2) is 60.6 Å². The zero-order valence-electron chi connectivity index (χ0n) is 9.50. The van der Waals surface area contributed by atoms with Crippen molar-refractivity contribution in [3.63, 3.8) is 0 Å². The minimum atomic E-state index is 1.03. The third-order valence-electron chi connectivity index (χ3n) is 2.32. The lowest BCUT2D eigenvalue weighted by Gasteiger charge is -2.00. The normalized spacial score (nSPS) is 10.1. The third kappa shape index (κ3) is 3.90. The van der Waals surface area contributed by atoms with Crippen LogP contribution in [-0.2, 0) is 0 Å². The second-order valence-electron chi connectivity index (χ2n) is 3.58. The van der Waals surface area contributed by atoms with Crippen LogP contribution in [0.25, 0.3) is 11.0 Å². The highest BCUT2D eigenvalue weighted by Crippen LogP contribution is 2.35. The number of fused-ring (bicyclic) bond motifs is 1. The number of imidazole rings is 1. The van der Waals surface area contributed by atoms with Crippen molar-refractivity contribution in [1.29, 1.82) is 0 Å². The summed E-state index contributed by atoms with van der Waals surface area (Å²) in [5.74, 6) is 0. The molecule has 1 heterocycles. The standard InChI is InChI=1S/C7H6N2.C6H2Br4/c1-2-4-7-6(3-1)8-5-9-7;7-3-1-2-4(8)6(10)5(3)9/h1-5H,(H,8,9);1-2H. The summed E-state index contributed by atoms with van der Waals surface area (Å²) in [5, 5.41) is 0. The Morgan fingerprint density at radius 1 is 0.789 bits per heavy atom. The average molecular weight is 512 g/mol. The van der Waals surface area contributed by atoms with Gasteiger partial charge in [0.05, 0.1) is 17.4 Å². The van der Waals surface area contributed by atoms with Crippen LogP contribution in [0.2, 0.25) is 0 Å². The van der Waals surface area contributed by atoms with E-state index in [1.54, 1.807) is 6.33 Å². The summed E-state index contributed by atoms with van der Waals surface area (Å²) in [7, 11) is 0. The Hall–Kier alpha value is -0.170. The van der Waals surface area contributed by atoms with Crippen molar-refractivity contribution in [2.24, 2.45) is 0 Å². The first kappa shape index (κ1) is 15.2. The molecule has 0 radical (unpaired) electrons. The molecule has 0 aliphatic heterocycles. The molecule has 0 aliphatic carbocycles. The summed E-state index contributed by atoms with van der Waals surface area (Å²) in [5.41, 5.74) is 2.12. The molecule has 0 saturated heterocycles. The number of hydrogen-bond acceptors (Lipinski definition) is 1. The number of H-pyrrole nitrogens is 1. The molecule has 0 aliphatic rings. The number of halogens is 4. The van der Waals surface area contributed by atoms with E-state index < -0.39 is 0 Å². The van der Waals surface area contributed by atoms with Gasteiger partial charge in [0, 0.05) is 17.9 Å². The predicted octanol–water partition coefficient (Wildman–Crippen LogP) is 6.30. The third-order valence-corrected chi connectivity index (χ3v) is 6.88. The number of benzene rings is 2. The first-order valence-electron chi connectivity index (χ1n) is 5.26. The number of rotatable bonds is 0. The molecule has 6 heteroatoms. The van der Waals surface area contributed by atoms with Crippen LogP contribution < -0.4 is 0 Å². The van der Waals surface area contributed by atoms with Crippen molar-refractivity contribution in [3.8, 4) is 0 Å². The summed E-state index contributed by atoms with van der Waals surface area (Å²) in [6.45, 7) is 0. The van der Waals surface area contributed by atoms with Crippen molar-refractivity contribution in [1.82, 2.24) is 9.97 Å². The molecular formula is C13H8Br4N2. The van der Waals surface area contributed by atoms with Gasteiger partial charge in [0.1, 0.15) is 0 Å². The maximum absolute atomic E-state index is 4.06. The molecule has 0 unspecified atom stereocenters. The molecule has 2 aromatic carbocycles. The fourth-order valence-corrected chi connectivity index (χ4v) is 3.27. The van der Waals surface area contributed by atoms with Gasteiger partial charge in [-0.3, -0.25) is 0 Å². The van der Waals surface area contributed by atoms with Gasteiger partial charge in [-0.25, -0.2) is 4.98 Å². The van der Waals surface area contributed by atoms with Gasteiger partial charge in [0.15, 0.2) is 0 Å². The van der Waals surface area contributed by atoms with Crippen molar-refractivity contribution < 1.29 is 0 Å². The van der Waals surface area contributed by atoms with Gasteiger partial charge in [0.2, 0.25) is 0 Å². The van der Waals surface area contributed by atoms with E-state index in [9.17, 15) is 0 Å². The number of para-hydroxylation sites is 2. The van der Waals surface area contributed by atoms with Crippen molar-refractivity contribution in [2.75, 3.05) is 0 Å². The highest BCUT2D eigenvalue weighted by molar-refractivity contribution is 9.15. The van der Waals surface area contributed by atoms with Crippen LogP contribution in [0.5, 0.6) is 0 Å². The molecule has 3 aromatic rings. The van der Waals surface area contributed by atoms with E-state index >= 15 is 0 Å². The van der Waals surface area contributed by atoms with Crippen LogP contribution in [0.1, 0.15) is 0 Å². The quantitative estimate of drug-likeness (QED) is 0.278. The van der Waals surface area contributed by atoms with Gasteiger partial charge in [0.25, 0.3) is 0 Å². The van der Waals surface area contributed by atoms with E-state index in [1.807, 2.05) is 36.4 Å². The maximum Gasteiger partial charge on any atom is 0.0931 e. The summed E-state index contributed by atoms with van der Waals surface area (Å²) >= 11 is 13.6. The van der Waals surface area contributed by atoms with E-state index in [0.29, 0.717) is 0 Å². The second kappa shape index (κ2) is 7.02. The van der Waals surface area contributed by atoms with E-state index in [4.69, 9.17) is 0 Å². The topological polar surface area (TPSA) is 28.7 Å².